The molecule has 0 aliphatic carbocycles. The Morgan fingerprint density at radius 1 is 1.30 bits per heavy atom. The van der Waals surface area contributed by atoms with Crippen molar-refractivity contribution in [2.75, 3.05) is 0 Å². The molecule has 1 aromatic heterocycles. The van der Waals surface area contributed by atoms with Crippen molar-refractivity contribution in [2.24, 2.45) is 0 Å². The molecule has 0 spiro atoms. The van der Waals surface area contributed by atoms with Gasteiger partial charge in [-0.25, -0.2) is 9.78 Å². The average molecular weight is 338 g/mol. The van der Waals surface area contributed by atoms with Gasteiger partial charge in [0.05, 0.1) is 0 Å². The van der Waals surface area contributed by atoms with Crippen LogP contribution in [0.2, 0.25) is 0 Å². The summed E-state index contributed by atoms with van der Waals surface area (Å²) in [5, 5.41) is 9.26. The minimum atomic E-state index is -1.10. The lowest BCUT2D eigenvalue weighted by Gasteiger charge is -2.14. The third kappa shape index (κ3) is 2.93. The first-order chi connectivity index (χ1) is 9.18. The van der Waals surface area contributed by atoms with Gasteiger partial charge in [0.25, 0.3) is 0 Å². The molecule has 2 aromatic rings. The fourth-order valence-electron chi connectivity index (χ4n) is 1.96. The number of aryl methyl sites for hydroxylation is 1. The normalized spacial score (nSPS) is 11.7. The zero-order valence-corrected chi connectivity index (χ0v) is 13.4. The Morgan fingerprint density at radius 2 is 1.95 bits per heavy atom. The molecule has 0 saturated carbocycles. The number of carboxylic acids is 1. The number of oxazole rings is 1. The lowest BCUT2D eigenvalue weighted by Crippen LogP contribution is -2.16. The highest BCUT2D eigenvalue weighted by molar-refractivity contribution is 9.10. The molecule has 0 bridgehead atoms. The van der Waals surface area contributed by atoms with Crippen LogP contribution >= 0.6 is 15.9 Å². The van der Waals surface area contributed by atoms with Crippen molar-refractivity contribution in [3.05, 3.63) is 39.7 Å². The topological polar surface area (TPSA) is 63.3 Å². The van der Waals surface area contributed by atoms with Gasteiger partial charge in [0, 0.05) is 15.5 Å². The highest BCUT2D eigenvalue weighted by atomic mass is 79.9. The third-order valence-corrected chi connectivity index (χ3v) is 3.28. The first-order valence-corrected chi connectivity index (χ1v) is 7.00. The Balaban J connectivity index is 2.62. The average Bonchev–Trinajstić information content (AvgIpc) is 2.71. The lowest BCUT2D eigenvalue weighted by molar-refractivity contribution is 0.0659. The first-order valence-electron chi connectivity index (χ1n) is 6.20. The van der Waals surface area contributed by atoms with Crippen LogP contribution in [0.1, 0.15) is 42.6 Å². The molecule has 2 rings (SSSR count). The molecule has 1 heterocycles. The van der Waals surface area contributed by atoms with Gasteiger partial charge >= 0.3 is 5.97 Å². The van der Waals surface area contributed by atoms with Crippen LogP contribution in [0.15, 0.2) is 27.1 Å². The summed E-state index contributed by atoms with van der Waals surface area (Å²) in [5.41, 5.74) is 1.87. The third-order valence-electron chi connectivity index (χ3n) is 2.82. The molecule has 4 nitrogen and oxygen atoms in total. The minimum absolute atomic E-state index is 0.0925. The van der Waals surface area contributed by atoms with Crippen molar-refractivity contribution in [3.63, 3.8) is 0 Å². The van der Waals surface area contributed by atoms with Gasteiger partial charge in [-0.05, 0) is 30.7 Å². The van der Waals surface area contributed by atoms with E-state index in [4.69, 9.17) is 4.42 Å². The van der Waals surface area contributed by atoms with Crippen LogP contribution in [0.4, 0.5) is 0 Å². The molecule has 0 unspecified atom stereocenters. The maximum atomic E-state index is 11.3. The molecule has 0 radical (unpaired) electrons. The molecular weight excluding hydrogens is 322 g/mol. The lowest BCUT2D eigenvalue weighted by atomic mass is 9.91. The van der Waals surface area contributed by atoms with Gasteiger partial charge in [0.2, 0.25) is 11.7 Å². The fraction of sp³-hybridized carbons (Fsp3) is 0.333. The Morgan fingerprint density at radius 3 is 2.40 bits per heavy atom. The standard InChI is InChI=1S/C15H16BrNO3/c1-8-5-9(7-10(16)6-8)13-17-12(15(2,3)4)11(20-13)14(18)19/h5-7H,1-4H3,(H,18,19). The van der Waals surface area contributed by atoms with Crippen molar-refractivity contribution in [1.82, 2.24) is 4.98 Å². The number of aromatic nitrogens is 1. The van der Waals surface area contributed by atoms with Crippen molar-refractivity contribution < 1.29 is 14.3 Å². The van der Waals surface area contributed by atoms with Gasteiger partial charge < -0.3 is 9.52 Å². The van der Waals surface area contributed by atoms with Crippen LogP contribution in [-0.2, 0) is 5.41 Å². The molecule has 20 heavy (non-hydrogen) atoms. The highest BCUT2D eigenvalue weighted by Crippen LogP contribution is 2.31. The zero-order valence-electron chi connectivity index (χ0n) is 11.8. The maximum absolute atomic E-state index is 11.3. The van der Waals surface area contributed by atoms with Crippen LogP contribution in [0, 0.1) is 6.92 Å². The summed E-state index contributed by atoms with van der Waals surface area (Å²) in [6.07, 6.45) is 0. The van der Waals surface area contributed by atoms with Crippen LogP contribution in [0.5, 0.6) is 0 Å². The van der Waals surface area contributed by atoms with E-state index in [1.807, 2.05) is 45.9 Å². The second-order valence-electron chi connectivity index (χ2n) is 5.77. The van der Waals surface area contributed by atoms with E-state index in [0.717, 1.165) is 15.6 Å². The van der Waals surface area contributed by atoms with Gasteiger partial charge in [0.1, 0.15) is 5.69 Å². The second-order valence-corrected chi connectivity index (χ2v) is 6.68. The van der Waals surface area contributed by atoms with Crippen molar-refractivity contribution in [2.45, 2.75) is 33.1 Å². The largest absolute Gasteiger partial charge is 0.475 e. The van der Waals surface area contributed by atoms with Crippen molar-refractivity contribution in [1.29, 1.82) is 0 Å². The SMILES string of the molecule is Cc1cc(Br)cc(-c2nc(C(C)(C)C)c(C(=O)O)o2)c1. The fourth-order valence-corrected chi connectivity index (χ4v) is 2.56. The number of rotatable bonds is 2. The van der Waals surface area contributed by atoms with E-state index in [9.17, 15) is 9.90 Å². The number of hydrogen-bond donors (Lipinski definition) is 1. The van der Waals surface area contributed by atoms with Crippen molar-refractivity contribution >= 4 is 21.9 Å². The maximum Gasteiger partial charge on any atom is 0.373 e. The number of hydrogen-bond acceptors (Lipinski definition) is 3. The zero-order chi connectivity index (χ0) is 15.1. The van der Waals surface area contributed by atoms with E-state index >= 15 is 0 Å². The predicted molar refractivity (Wildman–Crippen MR) is 80.0 cm³/mol. The van der Waals surface area contributed by atoms with Gasteiger partial charge in [-0.3, -0.25) is 0 Å². The van der Waals surface area contributed by atoms with Gasteiger partial charge in [-0.15, -0.1) is 0 Å². The molecule has 5 heteroatoms. The Kier molecular flexibility index (Phi) is 3.73. The summed E-state index contributed by atoms with van der Waals surface area (Å²) in [4.78, 5) is 15.7. The van der Waals surface area contributed by atoms with E-state index in [2.05, 4.69) is 20.9 Å². The second kappa shape index (κ2) is 5.05. The number of halogens is 1. The van der Waals surface area contributed by atoms with E-state index in [0.29, 0.717) is 11.6 Å². The van der Waals surface area contributed by atoms with Crippen LogP contribution in [0.25, 0.3) is 11.5 Å². The summed E-state index contributed by atoms with van der Waals surface area (Å²) in [6, 6.07) is 5.74. The number of benzene rings is 1. The van der Waals surface area contributed by atoms with Gasteiger partial charge in [-0.1, -0.05) is 36.7 Å². The molecule has 0 saturated heterocycles. The van der Waals surface area contributed by atoms with Crippen LogP contribution < -0.4 is 0 Å². The molecule has 0 atom stereocenters. The van der Waals surface area contributed by atoms with E-state index < -0.39 is 11.4 Å². The summed E-state index contributed by atoms with van der Waals surface area (Å²) >= 11 is 3.42. The minimum Gasteiger partial charge on any atom is -0.475 e. The monoisotopic (exact) mass is 337 g/mol. The summed E-state index contributed by atoms with van der Waals surface area (Å²) in [5.74, 6) is -0.859. The summed E-state index contributed by atoms with van der Waals surface area (Å²) in [7, 11) is 0. The van der Waals surface area contributed by atoms with Gasteiger partial charge in [0.15, 0.2) is 0 Å². The first kappa shape index (κ1) is 14.8. The quantitative estimate of drug-likeness (QED) is 0.881. The number of carbonyl (C=O) groups is 1. The van der Waals surface area contributed by atoms with E-state index in [-0.39, 0.29) is 5.76 Å². The molecule has 0 aliphatic heterocycles. The molecule has 0 aliphatic rings. The highest BCUT2D eigenvalue weighted by Gasteiger charge is 2.29. The van der Waals surface area contributed by atoms with E-state index in [1.54, 1.807) is 0 Å². The van der Waals surface area contributed by atoms with Gasteiger partial charge in [-0.2, -0.15) is 0 Å². The van der Waals surface area contributed by atoms with Crippen LogP contribution in [-0.4, -0.2) is 16.1 Å². The molecule has 0 fully saturated rings. The summed E-state index contributed by atoms with van der Waals surface area (Å²) in [6.45, 7) is 7.69. The van der Waals surface area contributed by atoms with Crippen molar-refractivity contribution in [3.8, 4) is 11.5 Å². The van der Waals surface area contributed by atoms with Crippen LogP contribution in [0.3, 0.4) is 0 Å². The number of carboxylic acid groups (broad SMARTS) is 1. The molecule has 1 aromatic carbocycles. The Bertz CT molecular complexity index is 648. The molecule has 0 amide bonds. The Labute approximate surface area is 126 Å². The predicted octanol–water partition coefficient (Wildman–Crippen LogP) is 4.41. The molecule has 1 N–H and O–H groups in total. The molecule has 106 valence electrons. The number of aromatic carboxylic acids is 1. The summed E-state index contributed by atoms with van der Waals surface area (Å²) < 4.78 is 6.37. The smallest absolute Gasteiger partial charge is 0.373 e. The molecular formula is C15H16BrNO3. The van der Waals surface area contributed by atoms with E-state index in [1.165, 1.54) is 0 Å². The number of nitrogens with zero attached hydrogens (tertiary/aromatic N) is 1. The Hall–Kier alpha value is -1.62.